The van der Waals surface area contributed by atoms with E-state index in [1.165, 1.54) is 0 Å². The van der Waals surface area contributed by atoms with E-state index in [-0.39, 0.29) is 11.5 Å². The standard InChI is InChI=1S/C15H15NO3/c17-10-15(19)11-5-7-13(8-6-11)16-9-12-3-1-2-4-14(12)18/h1-8,16-18H,9-10H2. The van der Waals surface area contributed by atoms with Crippen molar-refractivity contribution >= 4 is 11.5 Å². The molecule has 0 amide bonds. The first kappa shape index (κ1) is 13.1. The van der Waals surface area contributed by atoms with Crippen LogP contribution >= 0.6 is 0 Å². The van der Waals surface area contributed by atoms with Crippen LogP contribution in [0.4, 0.5) is 5.69 Å². The van der Waals surface area contributed by atoms with Crippen LogP contribution in [-0.4, -0.2) is 22.6 Å². The van der Waals surface area contributed by atoms with Crippen LogP contribution in [0.2, 0.25) is 0 Å². The summed E-state index contributed by atoms with van der Waals surface area (Å²) >= 11 is 0. The second-order valence-electron chi connectivity index (χ2n) is 4.14. The van der Waals surface area contributed by atoms with Crippen LogP contribution in [0.15, 0.2) is 48.5 Å². The Morgan fingerprint density at radius 1 is 1.05 bits per heavy atom. The third-order valence-corrected chi connectivity index (χ3v) is 2.83. The molecule has 0 heterocycles. The van der Waals surface area contributed by atoms with Gasteiger partial charge in [-0.3, -0.25) is 4.79 Å². The van der Waals surface area contributed by atoms with E-state index in [0.29, 0.717) is 12.1 Å². The minimum Gasteiger partial charge on any atom is -0.508 e. The van der Waals surface area contributed by atoms with Gasteiger partial charge in [0.1, 0.15) is 12.4 Å². The van der Waals surface area contributed by atoms with Crippen molar-refractivity contribution in [2.24, 2.45) is 0 Å². The number of carbonyl (C=O) groups is 1. The van der Waals surface area contributed by atoms with Crippen LogP contribution in [0.5, 0.6) is 5.75 Å². The zero-order valence-corrected chi connectivity index (χ0v) is 10.3. The lowest BCUT2D eigenvalue weighted by Gasteiger charge is -2.08. The molecule has 2 rings (SSSR count). The zero-order valence-electron chi connectivity index (χ0n) is 10.3. The van der Waals surface area contributed by atoms with E-state index in [4.69, 9.17) is 5.11 Å². The molecule has 0 aromatic heterocycles. The molecule has 4 nitrogen and oxygen atoms in total. The molecule has 2 aromatic carbocycles. The molecular weight excluding hydrogens is 242 g/mol. The second-order valence-corrected chi connectivity index (χ2v) is 4.14. The summed E-state index contributed by atoms with van der Waals surface area (Å²) in [4.78, 5) is 11.2. The Labute approximate surface area is 111 Å². The van der Waals surface area contributed by atoms with Crippen molar-refractivity contribution in [3.8, 4) is 5.75 Å². The molecule has 0 aliphatic rings. The molecule has 0 radical (unpaired) electrons. The van der Waals surface area contributed by atoms with Crippen LogP contribution in [0, 0.1) is 0 Å². The molecule has 0 spiro atoms. The first-order chi connectivity index (χ1) is 9.20. The number of benzene rings is 2. The third-order valence-electron chi connectivity index (χ3n) is 2.83. The van der Waals surface area contributed by atoms with E-state index in [9.17, 15) is 9.90 Å². The van der Waals surface area contributed by atoms with E-state index < -0.39 is 6.61 Å². The van der Waals surface area contributed by atoms with Crippen molar-refractivity contribution in [2.75, 3.05) is 11.9 Å². The molecule has 0 saturated heterocycles. The van der Waals surface area contributed by atoms with Crippen molar-refractivity contribution in [3.05, 3.63) is 59.7 Å². The van der Waals surface area contributed by atoms with Gasteiger partial charge in [0.2, 0.25) is 0 Å². The normalized spacial score (nSPS) is 10.2. The number of aliphatic hydroxyl groups excluding tert-OH is 1. The number of hydrogen-bond acceptors (Lipinski definition) is 4. The average Bonchev–Trinajstić information content (AvgIpc) is 2.46. The summed E-state index contributed by atoms with van der Waals surface area (Å²) in [6.45, 7) is 0.0185. The Balaban J connectivity index is 2.01. The molecule has 4 heteroatoms. The van der Waals surface area contributed by atoms with E-state index in [0.717, 1.165) is 11.3 Å². The van der Waals surface area contributed by atoms with Gasteiger partial charge < -0.3 is 15.5 Å². The van der Waals surface area contributed by atoms with Crippen molar-refractivity contribution in [2.45, 2.75) is 6.54 Å². The third kappa shape index (κ3) is 3.33. The number of ketones is 1. The summed E-state index contributed by atoms with van der Waals surface area (Å²) in [5.41, 5.74) is 2.13. The summed E-state index contributed by atoms with van der Waals surface area (Å²) in [6.07, 6.45) is 0. The van der Waals surface area contributed by atoms with Gasteiger partial charge in [-0.25, -0.2) is 0 Å². The number of Topliss-reactive ketones (excluding diaryl/α,β-unsaturated/α-hetero) is 1. The Bertz CT molecular complexity index is 564. The van der Waals surface area contributed by atoms with Gasteiger partial charge in [-0.1, -0.05) is 18.2 Å². The number of aliphatic hydroxyl groups is 1. The molecule has 0 saturated carbocycles. The van der Waals surface area contributed by atoms with E-state index in [1.54, 1.807) is 36.4 Å². The molecule has 3 N–H and O–H groups in total. The number of phenolic OH excluding ortho intramolecular Hbond substituents is 1. The lowest BCUT2D eigenvalue weighted by molar-refractivity contribution is 0.0904. The number of nitrogens with one attached hydrogen (secondary N) is 1. The second kappa shape index (κ2) is 6.02. The van der Waals surface area contributed by atoms with Gasteiger partial charge in [-0.05, 0) is 30.3 Å². The van der Waals surface area contributed by atoms with Crippen LogP contribution in [0.1, 0.15) is 15.9 Å². The summed E-state index contributed by atoms with van der Waals surface area (Å²) in [5, 5.41) is 21.5. The maximum Gasteiger partial charge on any atom is 0.188 e. The minimum atomic E-state index is -0.481. The maximum absolute atomic E-state index is 11.2. The summed E-state index contributed by atoms with van der Waals surface area (Å²) < 4.78 is 0. The van der Waals surface area contributed by atoms with Gasteiger partial charge in [0.25, 0.3) is 0 Å². The fourth-order valence-electron chi connectivity index (χ4n) is 1.72. The number of para-hydroxylation sites is 1. The highest BCUT2D eigenvalue weighted by Crippen LogP contribution is 2.18. The lowest BCUT2D eigenvalue weighted by atomic mass is 10.1. The van der Waals surface area contributed by atoms with Crippen molar-refractivity contribution < 1.29 is 15.0 Å². The van der Waals surface area contributed by atoms with Gasteiger partial charge in [-0.2, -0.15) is 0 Å². The number of carbonyl (C=O) groups excluding carboxylic acids is 1. The lowest BCUT2D eigenvalue weighted by Crippen LogP contribution is -2.04. The number of aromatic hydroxyl groups is 1. The predicted octanol–water partition coefficient (Wildman–Crippen LogP) is 2.18. The monoisotopic (exact) mass is 257 g/mol. The molecule has 0 aliphatic heterocycles. The van der Waals surface area contributed by atoms with Gasteiger partial charge in [-0.15, -0.1) is 0 Å². The molecule has 0 unspecified atom stereocenters. The molecule has 0 aliphatic carbocycles. The minimum absolute atomic E-state index is 0.252. The molecule has 0 bridgehead atoms. The fourth-order valence-corrected chi connectivity index (χ4v) is 1.72. The summed E-state index contributed by atoms with van der Waals surface area (Å²) in [6, 6.07) is 14.0. The highest BCUT2D eigenvalue weighted by molar-refractivity contribution is 5.97. The number of anilines is 1. The summed E-state index contributed by atoms with van der Waals surface area (Å²) in [7, 11) is 0. The number of hydrogen-bond donors (Lipinski definition) is 3. The first-order valence-corrected chi connectivity index (χ1v) is 5.95. The number of phenols is 1. The molecule has 19 heavy (non-hydrogen) atoms. The van der Waals surface area contributed by atoms with Crippen LogP contribution in [0.25, 0.3) is 0 Å². The van der Waals surface area contributed by atoms with E-state index >= 15 is 0 Å². The zero-order chi connectivity index (χ0) is 13.7. The largest absolute Gasteiger partial charge is 0.508 e. The van der Waals surface area contributed by atoms with Gasteiger partial charge in [0.15, 0.2) is 5.78 Å². The van der Waals surface area contributed by atoms with Crippen molar-refractivity contribution in [1.82, 2.24) is 0 Å². The van der Waals surface area contributed by atoms with Gasteiger partial charge in [0.05, 0.1) is 0 Å². The molecule has 2 aromatic rings. The molecule has 98 valence electrons. The van der Waals surface area contributed by atoms with Crippen LogP contribution in [-0.2, 0) is 6.54 Å². The summed E-state index contributed by atoms with van der Waals surface area (Å²) in [5.74, 6) is -0.0469. The molecule has 0 atom stereocenters. The highest BCUT2D eigenvalue weighted by atomic mass is 16.3. The molecular formula is C15H15NO3. The first-order valence-electron chi connectivity index (χ1n) is 5.95. The smallest absolute Gasteiger partial charge is 0.188 e. The predicted molar refractivity (Wildman–Crippen MR) is 73.3 cm³/mol. The SMILES string of the molecule is O=C(CO)c1ccc(NCc2ccccc2O)cc1. The van der Waals surface area contributed by atoms with Crippen molar-refractivity contribution in [1.29, 1.82) is 0 Å². The Hall–Kier alpha value is -2.33. The van der Waals surface area contributed by atoms with E-state index in [1.807, 2.05) is 12.1 Å². The Kier molecular flexibility index (Phi) is 4.15. The fraction of sp³-hybridized carbons (Fsp3) is 0.133. The topological polar surface area (TPSA) is 69.6 Å². The van der Waals surface area contributed by atoms with Gasteiger partial charge >= 0.3 is 0 Å². The van der Waals surface area contributed by atoms with Gasteiger partial charge in [0, 0.05) is 23.4 Å². The van der Waals surface area contributed by atoms with Crippen LogP contribution < -0.4 is 5.32 Å². The Morgan fingerprint density at radius 2 is 1.74 bits per heavy atom. The highest BCUT2D eigenvalue weighted by Gasteiger charge is 2.04. The van der Waals surface area contributed by atoms with Crippen LogP contribution in [0.3, 0.4) is 0 Å². The quantitative estimate of drug-likeness (QED) is 0.718. The van der Waals surface area contributed by atoms with E-state index in [2.05, 4.69) is 5.32 Å². The molecule has 0 fully saturated rings. The number of rotatable bonds is 5. The Morgan fingerprint density at radius 3 is 2.37 bits per heavy atom. The maximum atomic E-state index is 11.2. The average molecular weight is 257 g/mol. The van der Waals surface area contributed by atoms with Crippen molar-refractivity contribution in [3.63, 3.8) is 0 Å².